The van der Waals surface area contributed by atoms with Crippen LogP contribution in [0, 0.1) is 6.92 Å². The molecule has 0 unspecified atom stereocenters. The number of piperidine rings is 1. The van der Waals surface area contributed by atoms with Gasteiger partial charge in [-0.2, -0.15) is 0 Å². The van der Waals surface area contributed by atoms with Gasteiger partial charge in [0.05, 0.1) is 15.8 Å². The number of hydrogen-bond donors (Lipinski definition) is 0. The summed E-state index contributed by atoms with van der Waals surface area (Å²) in [6.45, 7) is 3.36. The van der Waals surface area contributed by atoms with E-state index in [0.29, 0.717) is 35.8 Å². The second kappa shape index (κ2) is 7.85. The highest BCUT2D eigenvalue weighted by Crippen LogP contribution is 2.32. The Kier molecular flexibility index (Phi) is 5.45. The van der Waals surface area contributed by atoms with Gasteiger partial charge in [0.1, 0.15) is 0 Å². The number of anilines is 1. The van der Waals surface area contributed by atoms with E-state index in [9.17, 15) is 8.42 Å². The molecule has 1 aliphatic heterocycles. The van der Waals surface area contributed by atoms with E-state index in [1.54, 1.807) is 23.5 Å². The number of thiazole rings is 1. The molecule has 0 radical (unpaired) electrons. The largest absolute Gasteiger partial charge is 0.348 e. The van der Waals surface area contributed by atoms with Crippen molar-refractivity contribution in [2.75, 3.05) is 18.0 Å². The molecule has 0 saturated carbocycles. The Bertz CT molecular complexity index is 1050. The van der Waals surface area contributed by atoms with Gasteiger partial charge in [0.25, 0.3) is 0 Å². The van der Waals surface area contributed by atoms with Crippen molar-refractivity contribution < 1.29 is 8.42 Å². The van der Waals surface area contributed by atoms with E-state index in [-0.39, 0.29) is 5.25 Å². The number of nitrogens with zero attached hydrogens (tertiary/aromatic N) is 2. The fourth-order valence-corrected chi connectivity index (χ4v) is 6.19. The summed E-state index contributed by atoms with van der Waals surface area (Å²) < 4.78 is 25.8. The van der Waals surface area contributed by atoms with E-state index < -0.39 is 9.84 Å². The molecule has 0 N–H and O–H groups in total. The lowest BCUT2D eigenvalue weighted by atomic mass is 10.1. The van der Waals surface area contributed by atoms with E-state index in [4.69, 9.17) is 16.6 Å². The summed E-state index contributed by atoms with van der Waals surface area (Å²) in [7, 11) is -3.28. The molecule has 3 aromatic rings. The minimum absolute atomic E-state index is 0.331. The fraction of sp³-hybridized carbons (Fsp3) is 0.286. The third kappa shape index (κ3) is 3.95. The minimum atomic E-state index is -3.28. The van der Waals surface area contributed by atoms with Crippen LogP contribution in [0.4, 0.5) is 5.13 Å². The maximum atomic E-state index is 12.9. The maximum Gasteiger partial charge on any atom is 0.185 e. The van der Waals surface area contributed by atoms with E-state index >= 15 is 0 Å². The molecule has 4 nitrogen and oxygen atoms in total. The lowest BCUT2D eigenvalue weighted by Crippen LogP contribution is -2.39. The topological polar surface area (TPSA) is 50.3 Å². The van der Waals surface area contributed by atoms with Gasteiger partial charge in [-0.15, -0.1) is 11.3 Å². The standard InChI is InChI=1S/C21H21ClN2O2S2/c1-15-2-8-18(9-3-15)28(25,26)19-10-12-24(13-11-19)21-23-20(14-27-21)16-4-6-17(22)7-5-16/h2-9,14,19H,10-13H2,1H3. The number of rotatable bonds is 4. The van der Waals surface area contributed by atoms with Crippen LogP contribution in [0.1, 0.15) is 18.4 Å². The van der Waals surface area contributed by atoms with Crippen molar-refractivity contribution in [2.24, 2.45) is 0 Å². The van der Waals surface area contributed by atoms with Gasteiger partial charge >= 0.3 is 0 Å². The second-order valence-electron chi connectivity index (χ2n) is 7.07. The van der Waals surface area contributed by atoms with Crippen molar-refractivity contribution in [1.82, 2.24) is 4.98 Å². The molecule has 1 saturated heterocycles. The highest BCUT2D eigenvalue weighted by atomic mass is 35.5. The molecule has 0 aliphatic carbocycles. The summed E-state index contributed by atoms with van der Waals surface area (Å²) in [6.07, 6.45) is 1.23. The average Bonchev–Trinajstić information content (AvgIpc) is 3.19. The van der Waals surface area contributed by atoms with Gasteiger partial charge in [-0.05, 0) is 44.0 Å². The molecule has 28 heavy (non-hydrogen) atoms. The summed E-state index contributed by atoms with van der Waals surface area (Å²) in [5, 5.41) is 3.35. The monoisotopic (exact) mass is 432 g/mol. The zero-order chi connectivity index (χ0) is 19.7. The van der Waals surface area contributed by atoms with Gasteiger partial charge in [-0.25, -0.2) is 13.4 Å². The Hall–Kier alpha value is -1.89. The van der Waals surface area contributed by atoms with Gasteiger partial charge in [-0.3, -0.25) is 0 Å². The van der Waals surface area contributed by atoms with Crippen LogP contribution in [0.3, 0.4) is 0 Å². The molecular formula is C21H21ClN2O2S2. The number of aryl methyl sites for hydroxylation is 1. The van der Waals surface area contributed by atoms with Crippen LogP contribution in [-0.4, -0.2) is 31.7 Å². The first-order chi connectivity index (χ1) is 13.4. The summed E-state index contributed by atoms with van der Waals surface area (Å²) in [5.41, 5.74) is 3.02. The molecule has 7 heteroatoms. The van der Waals surface area contributed by atoms with E-state index in [1.807, 2.05) is 48.7 Å². The van der Waals surface area contributed by atoms with E-state index in [1.165, 1.54) is 0 Å². The molecule has 1 aromatic heterocycles. The van der Waals surface area contributed by atoms with Crippen LogP contribution in [0.2, 0.25) is 5.02 Å². The lowest BCUT2D eigenvalue weighted by molar-refractivity contribution is 0.529. The quantitative estimate of drug-likeness (QED) is 0.567. The van der Waals surface area contributed by atoms with Crippen LogP contribution in [-0.2, 0) is 9.84 Å². The smallest absolute Gasteiger partial charge is 0.185 e. The van der Waals surface area contributed by atoms with Crippen molar-refractivity contribution in [3.05, 3.63) is 64.5 Å². The van der Waals surface area contributed by atoms with Gasteiger partial charge in [-0.1, -0.05) is 41.4 Å². The Morgan fingerprint density at radius 1 is 1.04 bits per heavy atom. The predicted octanol–water partition coefficient (Wildman–Crippen LogP) is 5.21. The Labute approximate surface area is 174 Å². The zero-order valence-electron chi connectivity index (χ0n) is 15.5. The molecule has 1 aliphatic rings. The third-order valence-corrected chi connectivity index (χ3v) is 8.56. The van der Waals surface area contributed by atoms with Crippen molar-refractivity contribution in [1.29, 1.82) is 0 Å². The molecular weight excluding hydrogens is 412 g/mol. The Morgan fingerprint density at radius 2 is 1.68 bits per heavy atom. The Morgan fingerprint density at radius 3 is 2.32 bits per heavy atom. The number of benzene rings is 2. The normalized spacial score (nSPS) is 15.7. The first kappa shape index (κ1) is 19.4. The fourth-order valence-electron chi connectivity index (χ4n) is 3.44. The second-order valence-corrected chi connectivity index (χ2v) is 10.6. The molecule has 0 spiro atoms. The van der Waals surface area contributed by atoms with Crippen LogP contribution >= 0.6 is 22.9 Å². The van der Waals surface area contributed by atoms with Crippen molar-refractivity contribution in [2.45, 2.75) is 29.9 Å². The van der Waals surface area contributed by atoms with E-state index in [2.05, 4.69) is 4.90 Å². The van der Waals surface area contributed by atoms with Crippen molar-refractivity contribution in [3.8, 4) is 11.3 Å². The number of sulfone groups is 1. The van der Waals surface area contributed by atoms with Gasteiger partial charge in [0.2, 0.25) is 0 Å². The molecule has 0 atom stereocenters. The molecule has 0 bridgehead atoms. The highest BCUT2D eigenvalue weighted by Gasteiger charge is 2.32. The van der Waals surface area contributed by atoms with Crippen LogP contribution < -0.4 is 4.90 Å². The first-order valence-corrected chi connectivity index (χ1v) is 12.0. The summed E-state index contributed by atoms with van der Waals surface area (Å²) >= 11 is 7.55. The molecule has 146 valence electrons. The Balaban J connectivity index is 1.44. The summed E-state index contributed by atoms with van der Waals surface area (Å²) in [4.78, 5) is 7.35. The number of halogens is 1. The van der Waals surface area contributed by atoms with Crippen LogP contribution in [0.5, 0.6) is 0 Å². The zero-order valence-corrected chi connectivity index (χ0v) is 17.9. The first-order valence-electron chi connectivity index (χ1n) is 9.20. The van der Waals surface area contributed by atoms with Gasteiger partial charge in [0, 0.05) is 29.1 Å². The van der Waals surface area contributed by atoms with Crippen molar-refractivity contribution >= 4 is 37.9 Å². The van der Waals surface area contributed by atoms with Crippen LogP contribution in [0.25, 0.3) is 11.3 Å². The lowest BCUT2D eigenvalue weighted by Gasteiger charge is -2.31. The number of aromatic nitrogens is 1. The average molecular weight is 433 g/mol. The molecule has 0 amide bonds. The van der Waals surface area contributed by atoms with Crippen molar-refractivity contribution in [3.63, 3.8) is 0 Å². The minimum Gasteiger partial charge on any atom is -0.348 e. The molecule has 2 aromatic carbocycles. The SMILES string of the molecule is Cc1ccc(S(=O)(=O)C2CCN(c3nc(-c4ccc(Cl)cc4)cs3)CC2)cc1. The van der Waals surface area contributed by atoms with E-state index in [0.717, 1.165) is 22.0 Å². The maximum absolute atomic E-state index is 12.9. The predicted molar refractivity (Wildman–Crippen MR) is 116 cm³/mol. The molecule has 4 rings (SSSR count). The summed E-state index contributed by atoms with van der Waals surface area (Å²) in [6, 6.07) is 14.8. The summed E-state index contributed by atoms with van der Waals surface area (Å²) in [5.74, 6) is 0. The highest BCUT2D eigenvalue weighted by molar-refractivity contribution is 7.92. The van der Waals surface area contributed by atoms with Gasteiger partial charge in [0.15, 0.2) is 15.0 Å². The molecule has 2 heterocycles. The molecule has 1 fully saturated rings. The number of hydrogen-bond acceptors (Lipinski definition) is 5. The third-order valence-electron chi connectivity index (χ3n) is 5.13. The van der Waals surface area contributed by atoms with Crippen LogP contribution in [0.15, 0.2) is 58.8 Å². The van der Waals surface area contributed by atoms with Gasteiger partial charge < -0.3 is 4.90 Å².